The maximum absolute atomic E-state index is 10.8. The summed E-state index contributed by atoms with van der Waals surface area (Å²) in [6.45, 7) is 2.26. The van der Waals surface area contributed by atoms with Crippen molar-refractivity contribution in [1.82, 2.24) is 0 Å². The Hall–Kier alpha value is -1.97. The van der Waals surface area contributed by atoms with E-state index in [1.807, 2.05) is 0 Å². The maximum Gasteiger partial charge on any atom is 0.335 e. The van der Waals surface area contributed by atoms with Gasteiger partial charge < -0.3 is 14.9 Å². The van der Waals surface area contributed by atoms with Crippen LogP contribution in [0.4, 0.5) is 0 Å². The molecule has 0 aliphatic carbocycles. The molecule has 0 saturated heterocycles. The van der Waals surface area contributed by atoms with Gasteiger partial charge in [-0.3, -0.25) is 0 Å². The molecule has 1 aromatic carbocycles. The monoisotopic (exact) mass is 404 g/mol. The summed E-state index contributed by atoms with van der Waals surface area (Å²) in [5.74, 6) is -0.221. The summed E-state index contributed by atoms with van der Waals surface area (Å²) in [7, 11) is 0. The average Bonchev–Trinajstić information content (AvgIpc) is 2.72. The van der Waals surface area contributed by atoms with E-state index in [1.54, 1.807) is 12.1 Å². The van der Waals surface area contributed by atoms with Gasteiger partial charge in [0, 0.05) is 6.42 Å². The lowest BCUT2D eigenvalue weighted by atomic mass is 10.0. The molecule has 164 valence electrons. The van der Waals surface area contributed by atoms with Gasteiger partial charge in [-0.2, -0.15) is 0 Å². The van der Waals surface area contributed by atoms with Crippen LogP contribution < -0.4 is 4.74 Å². The van der Waals surface area contributed by atoms with Crippen LogP contribution in [0.2, 0.25) is 0 Å². The summed E-state index contributed by atoms with van der Waals surface area (Å²) in [6.07, 6.45) is 20.4. The number of aliphatic hydroxyl groups is 1. The van der Waals surface area contributed by atoms with Crippen LogP contribution in [0.5, 0.6) is 5.75 Å². The fourth-order valence-corrected chi connectivity index (χ4v) is 3.37. The number of hydrogen-bond donors (Lipinski definition) is 2. The van der Waals surface area contributed by atoms with E-state index in [0.717, 1.165) is 12.8 Å². The predicted molar refractivity (Wildman–Crippen MR) is 120 cm³/mol. The Bertz CT molecular complexity index is 563. The number of rotatable bonds is 18. The highest BCUT2D eigenvalue weighted by molar-refractivity contribution is 5.87. The standard InChI is InChI=1S/C25H40O4/c1-2-3-4-5-6-7-8-9-10-11-12-13-14-15-16-23(26)21-29-24-19-17-22(18-20-24)25(27)28/h17-21,26H,2-16H2,1H3,(H,27,28). The first-order chi connectivity index (χ1) is 14.1. The molecular formula is C25H40O4. The second kappa shape index (κ2) is 16.9. The number of aliphatic hydroxyl groups excluding tert-OH is 1. The van der Waals surface area contributed by atoms with Crippen molar-refractivity contribution in [2.24, 2.45) is 0 Å². The third kappa shape index (κ3) is 13.8. The second-order valence-electron chi connectivity index (χ2n) is 7.90. The van der Waals surface area contributed by atoms with E-state index >= 15 is 0 Å². The molecule has 4 heteroatoms. The fourth-order valence-electron chi connectivity index (χ4n) is 3.37. The number of carboxylic acid groups (broad SMARTS) is 1. The zero-order valence-electron chi connectivity index (χ0n) is 18.2. The molecule has 0 aromatic heterocycles. The van der Waals surface area contributed by atoms with Gasteiger partial charge in [-0.25, -0.2) is 4.79 Å². The Morgan fingerprint density at radius 1 is 0.759 bits per heavy atom. The predicted octanol–water partition coefficient (Wildman–Crippen LogP) is 8.03. The van der Waals surface area contributed by atoms with Crippen LogP contribution >= 0.6 is 0 Å². The van der Waals surface area contributed by atoms with Crippen molar-refractivity contribution in [1.29, 1.82) is 0 Å². The summed E-state index contributed by atoms with van der Waals surface area (Å²) < 4.78 is 5.37. The van der Waals surface area contributed by atoms with E-state index in [9.17, 15) is 9.90 Å². The molecule has 29 heavy (non-hydrogen) atoms. The minimum Gasteiger partial charge on any atom is -0.509 e. The van der Waals surface area contributed by atoms with Crippen molar-refractivity contribution >= 4 is 5.97 Å². The number of unbranched alkanes of at least 4 members (excludes halogenated alkanes) is 13. The van der Waals surface area contributed by atoms with Gasteiger partial charge in [0.25, 0.3) is 0 Å². The van der Waals surface area contributed by atoms with Crippen molar-refractivity contribution in [3.8, 4) is 5.75 Å². The number of benzene rings is 1. The molecule has 2 N–H and O–H groups in total. The molecule has 0 bridgehead atoms. The molecular weight excluding hydrogens is 364 g/mol. The zero-order valence-corrected chi connectivity index (χ0v) is 18.2. The number of carboxylic acids is 1. The first-order valence-corrected chi connectivity index (χ1v) is 11.5. The van der Waals surface area contributed by atoms with Gasteiger partial charge in [0.2, 0.25) is 0 Å². The SMILES string of the molecule is CCCCCCCCCCCCCCCCC(O)=COc1ccc(C(=O)O)cc1. The molecule has 0 radical (unpaired) electrons. The highest BCUT2D eigenvalue weighted by Crippen LogP contribution is 2.16. The summed E-state index contributed by atoms with van der Waals surface area (Å²) in [5.41, 5.74) is 0.216. The number of carbonyl (C=O) groups is 1. The van der Waals surface area contributed by atoms with E-state index < -0.39 is 5.97 Å². The molecule has 0 aliphatic heterocycles. The quantitative estimate of drug-likeness (QED) is 0.192. The van der Waals surface area contributed by atoms with E-state index in [1.165, 1.54) is 95.4 Å². The minimum atomic E-state index is -0.965. The van der Waals surface area contributed by atoms with Crippen LogP contribution in [0, 0.1) is 0 Å². The first kappa shape index (κ1) is 25.1. The summed E-state index contributed by atoms with van der Waals surface area (Å²) in [4.78, 5) is 10.8. The molecule has 0 amide bonds. The van der Waals surface area contributed by atoms with Gasteiger partial charge in [-0.15, -0.1) is 0 Å². The van der Waals surface area contributed by atoms with Crippen molar-refractivity contribution in [2.75, 3.05) is 0 Å². The van der Waals surface area contributed by atoms with Gasteiger partial charge in [0.1, 0.15) is 17.8 Å². The molecule has 1 aromatic rings. The molecule has 4 nitrogen and oxygen atoms in total. The number of hydrogen-bond acceptors (Lipinski definition) is 3. The van der Waals surface area contributed by atoms with Gasteiger partial charge in [0.15, 0.2) is 0 Å². The van der Waals surface area contributed by atoms with Crippen molar-refractivity contribution < 1.29 is 19.7 Å². The number of ether oxygens (including phenoxy) is 1. The van der Waals surface area contributed by atoms with Gasteiger partial charge in [-0.05, 0) is 30.7 Å². The average molecular weight is 405 g/mol. The van der Waals surface area contributed by atoms with E-state index in [0.29, 0.717) is 12.2 Å². The molecule has 0 spiro atoms. The molecule has 0 atom stereocenters. The lowest BCUT2D eigenvalue weighted by molar-refractivity contribution is 0.0697. The van der Waals surface area contributed by atoms with E-state index in [-0.39, 0.29) is 11.3 Å². The maximum atomic E-state index is 10.8. The van der Waals surface area contributed by atoms with E-state index in [4.69, 9.17) is 9.84 Å². The molecule has 0 aliphatic rings. The largest absolute Gasteiger partial charge is 0.509 e. The van der Waals surface area contributed by atoms with E-state index in [2.05, 4.69) is 6.92 Å². The highest BCUT2D eigenvalue weighted by atomic mass is 16.5. The fraction of sp³-hybridized carbons (Fsp3) is 0.640. The lowest BCUT2D eigenvalue weighted by Gasteiger charge is -2.04. The molecule has 0 heterocycles. The Kier molecular flexibility index (Phi) is 14.6. The van der Waals surface area contributed by atoms with Crippen LogP contribution in [0.1, 0.15) is 114 Å². The Morgan fingerprint density at radius 3 is 1.66 bits per heavy atom. The molecule has 0 fully saturated rings. The van der Waals surface area contributed by atoms with Crippen LogP contribution in [0.3, 0.4) is 0 Å². The lowest BCUT2D eigenvalue weighted by Crippen LogP contribution is -1.95. The van der Waals surface area contributed by atoms with Crippen LogP contribution in [0.25, 0.3) is 0 Å². The Labute approximate surface area is 177 Å². The number of aromatic carboxylic acids is 1. The van der Waals surface area contributed by atoms with Crippen molar-refractivity contribution in [2.45, 2.75) is 103 Å². The summed E-state index contributed by atoms with van der Waals surface area (Å²) in [6, 6.07) is 6.13. The zero-order chi connectivity index (χ0) is 21.2. The molecule has 1 rings (SSSR count). The van der Waals surface area contributed by atoms with Crippen LogP contribution in [-0.4, -0.2) is 16.2 Å². The summed E-state index contributed by atoms with van der Waals surface area (Å²) >= 11 is 0. The van der Waals surface area contributed by atoms with Gasteiger partial charge in [-0.1, -0.05) is 90.4 Å². The van der Waals surface area contributed by atoms with Crippen molar-refractivity contribution in [3.05, 3.63) is 41.9 Å². The van der Waals surface area contributed by atoms with Crippen LogP contribution in [-0.2, 0) is 0 Å². The molecule has 0 saturated carbocycles. The van der Waals surface area contributed by atoms with Crippen molar-refractivity contribution in [3.63, 3.8) is 0 Å². The minimum absolute atomic E-state index is 0.216. The Morgan fingerprint density at radius 2 is 1.21 bits per heavy atom. The third-order valence-electron chi connectivity index (χ3n) is 5.22. The number of allylic oxidation sites excluding steroid dienone is 1. The smallest absolute Gasteiger partial charge is 0.335 e. The Balaban J connectivity index is 1.94. The normalized spacial score (nSPS) is 11.6. The third-order valence-corrected chi connectivity index (χ3v) is 5.22. The highest BCUT2D eigenvalue weighted by Gasteiger charge is 2.02. The van der Waals surface area contributed by atoms with Crippen LogP contribution in [0.15, 0.2) is 36.3 Å². The first-order valence-electron chi connectivity index (χ1n) is 11.5. The van der Waals surface area contributed by atoms with Gasteiger partial charge in [0.05, 0.1) is 5.56 Å². The topological polar surface area (TPSA) is 66.8 Å². The van der Waals surface area contributed by atoms with Gasteiger partial charge >= 0.3 is 5.97 Å². The second-order valence-corrected chi connectivity index (χ2v) is 7.90. The molecule has 0 unspecified atom stereocenters. The summed E-state index contributed by atoms with van der Waals surface area (Å²) in [5, 5.41) is 18.7.